The Morgan fingerprint density at radius 3 is 2.41 bits per heavy atom. The number of allylic oxidation sites excluding steroid dienone is 1. The van der Waals surface area contributed by atoms with Crippen LogP contribution in [-0.2, 0) is 25.6 Å². The Morgan fingerprint density at radius 1 is 1.12 bits per heavy atom. The fraction of sp³-hybridized carbons (Fsp3) is 0.200. The number of benzene rings is 2. The van der Waals surface area contributed by atoms with Gasteiger partial charge in [-0.05, 0) is 24.1 Å². The van der Waals surface area contributed by atoms with Crippen molar-refractivity contribution in [3.05, 3.63) is 87.4 Å². The van der Waals surface area contributed by atoms with Crippen LogP contribution in [-0.4, -0.2) is 32.1 Å². The summed E-state index contributed by atoms with van der Waals surface area (Å²) in [5, 5.41) is 12.9. The van der Waals surface area contributed by atoms with Crippen LogP contribution < -0.4 is 16.0 Å². The summed E-state index contributed by atoms with van der Waals surface area (Å²) in [6, 6.07) is 14.3. The van der Waals surface area contributed by atoms with Gasteiger partial charge in [0.15, 0.2) is 0 Å². The second-order valence-electron chi connectivity index (χ2n) is 7.78. The van der Waals surface area contributed by atoms with Crippen LogP contribution in [0.2, 0.25) is 0 Å². The van der Waals surface area contributed by atoms with E-state index in [1.807, 2.05) is 0 Å². The van der Waals surface area contributed by atoms with Gasteiger partial charge in [-0.3, -0.25) is 9.69 Å². The Morgan fingerprint density at radius 2 is 1.79 bits per heavy atom. The third-order valence-corrected chi connectivity index (χ3v) is 5.99. The molecule has 0 spiro atoms. The molecule has 1 atom stereocenters. The first-order valence-corrected chi connectivity index (χ1v) is 10.4. The van der Waals surface area contributed by atoms with Crippen molar-refractivity contribution in [1.82, 2.24) is 5.32 Å². The molecule has 0 fully saturated rings. The number of carbonyl (C=O) groups excluding carboxylic acids is 3. The first-order valence-electron chi connectivity index (χ1n) is 10.4. The maximum Gasteiger partial charge on any atom is 0.355 e. The molecule has 2 aliphatic heterocycles. The third kappa shape index (κ3) is 3.36. The fourth-order valence-corrected chi connectivity index (χ4v) is 4.47. The zero-order valence-corrected chi connectivity index (χ0v) is 18.8. The number of nitrogens with one attached hydrogen (secondary N) is 1. The van der Waals surface area contributed by atoms with Gasteiger partial charge in [-0.2, -0.15) is 5.26 Å². The minimum atomic E-state index is -0.958. The van der Waals surface area contributed by atoms with Gasteiger partial charge >= 0.3 is 11.9 Å². The number of hydrogen-bond donors (Lipinski definition) is 2. The molecule has 4 rings (SSSR count). The van der Waals surface area contributed by atoms with Gasteiger partial charge in [0, 0.05) is 17.7 Å². The van der Waals surface area contributed by atoms with E-state index in [2.05, 4.69) is 11.4 Å². The predicted octanol–water partition coefficient (Wildman–Crippen LogP) is 2.14. The largest absolute Gasteiger partial charge is 0.466 e. The average Bonchev–Trinajstić information content (AvgIpc) is 3.23. The topological polar surface area (TPSA) is 135 Å². The maximum absolute atomic E-state index is 13.2. The number of carbonyl (C=O) groups is 3. The smallest absolute Gasteiger partial charge is 0.355 e. The van der Waals surface area contributed by atoms with E-state index in [1.54, 1.807) is 49.4 Å². The molecular formula is C25H22N4O5. The summed E-state index contributed by atoms with van der Waals surface area (Å²) in [7, 11) is 2.38. The number of anilines is 1. The number of rotatable bonds is 4. The van der Waals surface area contributed by atoms with Crippen molar-refractivity contribution < 1.29 is 23.9 Å². The van der Waals surface area contributed by atoms with Crippen molar-refractivity contribution in [2.24, 2.45) is 5.73 Å². The number of nitrogens with zero attached hydrogens (tertiary/aromatic N) is 2. The van der Waals surface area contributed by atoms with Crippen molar-refractivity contribution in [3.63, 3.8) is 0 Å². The van der Waals surface area contributed by atoms with Gasteiger partial charge in [0.1, 0.15) is 11.5 Å². The van der Waals surface area contributed by atoms with Gasteiger partial charge in [0.25, 0.3) is 5.91 Å². The molecule has 9 heteroatoms. The van der Waals surface area contributed by atoms with Crippen LogP contribution in [0.4, 0.5) is 5.69 Å². The second-order valence-corrected chi connectivity index (χ2v) is 7.78. The van der Waals surface area contributed by atoms with Gasteiger partial charge in [-0.25, -0.2) is 9.59 Å². The highest BCUT2D eigenvalue weighted by atomic mass is 16.5. The Labute approximate surface area is 196 Å². The number of amides is 1. The van der Waals surface area contributed by atoms with Crippen molar-refractivity contribution >= 4 is 23.5 Å². The van der Waals surface area contributed by atoms with E-state index < -0.39 is 17.9 Å². The molecule has 1 amide bonds. The molecule has 9 nitrogen and oxygen atoms in total. The van der Waals surface area contributed by atoms with Crippen molar-refractivity contribution in [2.75, 3.05) is 19.1 Å². The zero-order chi connectivity index (χ0) is 24.6. The monoisotopic (exact) mass is 458 g/mol. The van der Waals surface area contributed by atoms with Crippen LogP contribution in [0.25, 0.3) is 0 Å². The van der Waals surface area contributed by atoms with E-state index in [-0.39, 0.29) is 35.1 Å². The summed E-state index contributed by atoms with van der Waals surface area (Å²) >= 11 is 0. The number of esters is 2. The number of ether oxygens (including phenoxy) is 2. The Balaban J connectivity index is 2.12. The minimum absolute atomic E-state index is 0.0414. The van der Waals surface area contributed by atoms with Crippen LogP contribution in [0.15, 0.2) is 65.1 Å². The number of hydrogen-bond acceptors (Lipinski definition) is 8. The molecule has 1 unspecified atom stereocenters. The molecule has 0 bridgehead atoms. The lowest BCUT2D eigenvalue weighted by atomic mass is 9.80. The van der Waals surface area contributed by atoms with Gasteiger partial charge in [0.2, 0.25) is 0 Å². The molecule has 34 heavy (non-hydrogen) atoms. The average molecular weight is 458 g/mol. The highest BCUT2D eigenvalue weighted by Crippen LogP contribution is 2.45. The molecule has 172 valence electrons. The summed E-state index contributed by atoms with van der Waals surface area (Å²) < 4.78 is 10.1. The van der Waals surface area contributed by atoms with Gasteiger partial charge < -0.3 is 20.5 Å². The summed E-state index contributed by atoms with van der Waals surface area (Å²) in [4.78, 5) is 40.0. The number of aryl methyl sites for hydroxylation is 1. The van der Waals surface area contributed by atoms with E-state index in [0.29, 0.717) is 27.9 Å². The normalized spacial score (nSPS) is 17.2. The molecule has 2 aromatic carbocycles. The fourth-order valence-electron chi connectivity index (χ4n) is 4.47. The van der Waals surface area contributed by atoms with Crippen molar-refractivity contribution in [2.45, 2.75) is 19.4 Å². The van der Waals surface area contributed by atoms with E-state index in [9.17, 15) is 19.6 Å². The van der Waals surface area contributed by atoms with Crippen LogP contribution in [0.5, 0.6) is 0 Å². The summed E-state index contributed by atoms with van der Waals surface area (Å²) in [5.41, 5.74) is 9.06. The first kappa shape index (κ1) is 22.6. The number of methoxy groups -OCH3 is 2. The Kier molecular flexibility index (Phi) is 5.82. The molecule has 0 saturated carbocycles. The van der Waals surface area contributed by atoms with Crippen LogP contribution >= 0.6 is 0 Å². The number of fused-ring (bicyclic) bond motifs is 1. The highest BCUT2D eigenvalue weighted by molar-refractivity contribution is 6.08. The molecule has 2 aromatic rings. The maximum atomic E-state index is 13.2. The van der Waals surface area contributed by atoms with Crippen LogP contribution in [0.1, 0.15) is 33.0 Å². The van der Waals surface area contributed by atoms with Gasteiger partial charge in [-0.1, -0.05) is 36.4 Å². The lowest BCUT2D eigenvalue weighted by Crippen LogP contribution is -2.41. The molecular weight excluding hydrogens is 436 g/mol. The van der Waals surface area contributed by atoms with E-state index in [4.69, 9.17) is 15.2 Å². The van der Waals surface area contributed by atoms with Gasteiger partial charge in [0.05, 0.1) is 43.0 Å². The summed E-state index contributed by atoms with van der Waals surface area (Å²) in [6.45, 7) is 1.98. The summed E-state index contributed by atoms with van der Waals surface area (Å²) in [5.74, 6) is -2.91. The van der Waals surface area contributed by atoms with Crippen molar-refractivity contribution in [1.29, 1.82) is 5.26 Å². The SMILES string of the molecule is COC(=O)C1=C(C(=O)OC)N(c2c(C)ccc3c2CNC3=O)C(N)=C(C#N)C1c1ccccc1. The van der Waals surface area contributed by atoms with E-state index in [0.717, 1.165) is 0 Å². The minimum Gasteiger partial charge on any atom is -0.466 e. The molecule has 2 aliphatic rings. The number of nitriles is 1. The molecule has 0 radical (unpaired) electrons. The molecule has 0 saturated heterocycles. The lowest BCUT2D eigenvalue weighted by molar-refractivity contribution is -0.139. The van der Waals surface area contributed by atoms with Crippen LogP contribution in [0, 0.1) is 18.3 Å². The summed E-state index contributed by atoms with van der Waals surface area (Å²) in [6.07, 6.45) is 0. The van der Waals surface area contributed by atoms with E-state index in [1.165, 1.54) is 19.1 Å². The molecule has 3 N–H and O–H groups in total. The first-order chi connectivity index (χ1) is 16.3. The number of nitrogens with two attached hydrogens (primary N) is 1. The Bertz CT molecular complexity index is 1320. The third-order valence-electron chi connectivity index (χ3n) is 5.99. The Hall–Kier alpha value is -4.58. The standard InChI is InChI=1S/C25H22N4O5/c1-13-9-10-15-17(12-28-23(15)30)20(13)29-21(25(32)34-3)19(24(31)33-2)18(16(11-26)22(29)27)14-7-5-4-6-8-14/h4-10,18H,12,27H2,1-3H3,(H,28,30). The predicted molar refractivity (Wildman–Crippen MR) is 122 cm³/mol. The molecule has 2 heterocycles. The van der Waals surface area contributed by atoms with Crippen molar-refractivity contribution in [3.8, 4) is 6.07 Å². The molecule has 0 aliphatic carbocycles. The quantitative estimate of drug-likeness (QED) is 0.666. The molecule has 0 aromatic heterocycles. The van der Waals surface area contributed by atoms with Crippen LogP contribution in [0.3, 0.4) is 0 Å². The highest BCUT2D eigenvalue weighted by Gasteiger charge is 2.44. The lowest BCUT2D eigenvalue weighted by Gasteiger charge is -2.37. The second kappa shape index (κ2) is 8.75. The zero-order valence-electron chi connectivity index (χ0n) is 18.8. The van der Waals surface area contributed by atoms with E-state index >= 15 is 0 Å². The van der Waals surface area contributed by atoms with Gasteiger partial charge in [-0.15, -0.1) is 0 Å².